The number of guanidine groups is 1. The monoisotopic (exact) mass is 569 g/mol. The van der Waals surface area contributed by atoms with Gasteiger partial charge in [-0.2, -0.15) is 0 Å². The van der Waals surface area contributed by atoms with E-state index in [0.29, 0.717) is 6.54 Å². The van der Waals surface area contributed by atoms with Crippen molar-refractivity contribution in [3.63, 3.8) is 0 Å². The van der Waals surface area contributed by atoms with E-state index >= 15 is 0 Å². The van der Waals surface area contributed by atoms with Crippen molar-refractivity contribution in [1.29, 1.82) is 0 Å². The first-order valence-electron chi connectivity index (χ1n) is 11.5. The molecule has 10 heteroatoms. The van der Waals surface area contributed by atoms with Crippen LogP contribution in [0.25, 0.3) is 0 Å². The van der Waals surface area contributed by atoms with E-state index in [9.17, 15) is 4.79 Å². The average molecular weight is 570 g/mol. The number of nitrogens with one attached hydrogen (secondary N) is 2. The maximum atomic E-state index is 12.9. The summed E-state index contributed by atoms with van der Waals surface area (Å²) in [5.41, 5.74) is -1.29. The summed E-state index contributed by atoms with van der Waals surface area (Å²) in [6, 6.07) is -0.162. The van der Waals surface area contributed by atoms with Crippen molar-refractivity contribution < 1.29 is 19.0 Å². The number of carbonyl (C=O) groups is 1. The molecule has 0 bridgehead atoms. The van der Waals surface area contributed by atoms with Gasteiger partial charge >= 0.3 is 6.09 Å². The molecule has 0 radical (unpaired) electrons. The lowest BCUT2D eigenvalue weighted by Crippen LogP contribution is -2.54. The minimum Gasteiger partial charge on any atom is -0.444 e. The van der Waals surface area contributed by atoms with Crippen LogP contribution in [0.4, 0.5) is 4.79 Å². The smallest absolute Gasteiger partial charge is 0.412 e. The third kappa shape index (κ3) is 9.18. The largest absolute Gasteiger partial charge is 0.444 e. The van der Waals surface area contributed by atoms with Gasteiger partial charge in [-0.25, -0.2) is 4.79 Å². The van der Waals surface area contributed by atoms with E-state index in [2.05, 4.69) is 20.5 Å². The summed E-state index contributed by atoms with van der Waals surface area (Å²) in [4.78, 5) is 21.3. The Labute approximate surface area is 211 Å². The molecule has 2 heterocycles. The number of unbranched alkanes of at least 4 members (excludes halogenated alkanes) is 1. The van der Waals surface area contributed by atoms with Crippen LogP contribution < -0.4 is 10.6 Å². The molecule has 0 saturated carbocycles. The second-order valence-electron chi connectivity index (χ2n) is 9.73. The summed E-state index contributed by atoms with van der Waals surface area (Å²) in [6.07, 6.45) is 1.72. The summed E-state index contributed by atoms with van der Waals surface area (Å²) in [5, 5.41) is 6.72. The van der Waals surface area contributed by atoms with Gasteiger partial charge in [-0.3, -0.25) is 14.8 Å². The molecule has 2 N–H and O–H groups in total. The number of halogens is 1. The Hall–Kier alpha value is -0.850. The predicted octanol–water partition coefficient (Wildman–Crippen LogP) is 2.64. The maximum absolute atomic E-state index is 12.9. The predicted molar refractivity (Wildman–Crippen MR) is 138 cm³/mol. The van der Waals surface area contributed by atoms with Gasteiger partial charge in [-0.15, -0.1) is 24.0 Å². The van der Waals surface area contributed by atoms with Crippen LogP contribution in [0.1, 0.15) is 54.4 Å². The van der Waals surface area contributed by atoms with Gasteiger partial charge in [0, 0.05) is 33.2 Å². The fraction of sp³-hybridized carbons (Fsp3) is 0.909. The summed E-state index contributed by atoms with van der Waals surface area (Å²) in [5.74, 6) is 0.729. The van der Waals surface area contributed by atoms with E-state index in [1.807, 2.05) is 41.5 Å². The highest BCUT2D eigenvalue weighted by molar-refractivity contribution is 14.0. The van der Waals surface area contributed by atoms with E-state index in [-0.39, 0.29) is 42.2 Å². The van der Waals surface area contributed by atoms with Gasteiger partial charge < -0.3 is 24.8 Å². The number of amides is 1. The highest BCUT2D eigenvalue weighted by Crippen LogP contribution is 2.33. The Morgan fingerprint density at radius 3 is 2.44 bits per heavy atom. The Bertz CT molecular complexity index is 606. The van der Waals surface area contributed by atoms with Crippen LogP contribution in [-0.2, 0) is 14.2 Å². The standard InChI is InChI=1S/C22H43N5O4.HI/c1-17-18(27(22(5,6)30-17)20(28)31-21(2,3)4)16-25-19(23-7)24-10-8-9-11-26-12-14-29-15-13-26;/h17-18H,8-16H2,1-7H3,(H2,23,24,25);1H. The molecule has 2 fully saturated rings. The molecule has 0 aromatic heterocycles. The lowest BCUT2D eigenvalue weighted by atomic mass is 10.1. The molecule has 0 aromatic carbocycles. The van der Waals surface area contributed by atoms with Crippen LogP contribution in [0, 0.1) is 0 Å². The van der Waals surface area contributed by atoms with Crippen LogP contribution in [-0.4, -0.2) is 98.3 Å². The number of carbonyl (C=O) groups excluding carboxylic acids is 1. The SMILES string of the molecule is CN=C(NCCCCN1CCOCC1)NCC1C(C)OC(C)(C)N1C(=O)OC(C)(C)C.I. The Kier molecular flexibility index (Phi) is 12.0. The van der Waals surface area contributed by atoms with Gasteiger partial charge in [0.05, 0.1) is 25.4 Å². The molecule has 2 unspecified atom stereocenters. The average Bonchev–Trinajstić information content (AvgIpc) is 2.91. The zero-order chi connectivity index (χ0) is 23.1. The summed E-state index contributed by atoms with van der Waals surface area (Å²) in [7, 11) is 1.76. The van der Waals surface area contributed by atoms with Crippen molar-refractivity contribution in [2.75, 3.05) is 53.0 Å². The van der Waals surface area contributed by atoms with Crippen LogP contribution in [0.2, 0.25) is 0 Å². The molecule has 32 heavy (non-hydrogen) atoms. The third-order valence-electron chi connectivity index (χ3n) is 5.52. The number of nitrogens with zero attached hydrogens (tertiary/aromatic N) is 3. The van der Waals surface area contributed by atoms with E-state index < -0.39 is 11.3 Å². The molecule has 0 aliphatic carbocycles. The van der Waals surface area contributed by atoms with Crippen LogP contribution in [0.15, 0.2) is 4.99 Å². The molecule has 2 atom stereocenters. The minimum absolute atomic E-state index is 0. The zero-order valence-corrected chi connectivity index (χ0v) is 23.2. The van der Waals surface area contributed by atoms with Crippen molar-refractivity contribution in [2.45, 2.75) is 77.9 Å². The van der Waals surface area contributed by atoms with Gasteiger partial charge in [-0.1, -0.05) is 0 Å². The Morgan fingerprint density at radius 1 is 1.19 bits per heavy atom. The van der Waals surface area contributed by atoms with Crippen molar-refractivity contribution in [3.8, 4) is 0 Å². The van der Waals surface area contributed by atoms with E-state index in [1.54, 1.807) is 11.9 Å². The molecular weight excluding hydrogens is 525 g/mol. The number of hydrogen-bond acceptors (Lipinski definition) is 6. The summed E-state index contributed by atoms with van der Waals surface area (Å²) >= 11 is 0. The van der Waals surface area contributed by atoms with Gasteiger partial charge in [0.1, 0.15) is 11.3 Å². The van der Waals surface area contributed by atoms with Gasteiger partial charge in [0.25, 0.3) is 0 Å². The first-order valence-corrected chi connectivity index (χ1v) is 11.5. The Morgan fingerprint density at radius 2 is 1.84 bits per heavy atom. The lowest BCUT2D eigenvalue weighted by molar-refractivity contribution is -0.0755. The number of hydrogen-bond donors (Lipinski definition) is 2. The number of aliphatic imine (C=N–C) groups is 1. The van der Waals surface area contributed by atoms with Gasteiger partial charge in [0.15, 0.2) is 5.96 Å². The van der Waals surface area contributed by atoms with Gasteiger partial charge in [-0.05, 0) is 60.9 Å². The normalized spacial score (nSPS) is 24.1. The molecule has 2 rings (SSSR count). The number of ether oxygens (including phenoxy) is 3. The van der Waals surface area contributed by atoms with Crippen molar-refractivity contribution in [3.05, 3.63) is 0 Å². The molecule has 2 saturated heterocycles. The van der Waals surface area contributed by atoms with E-state index in [0.717, 1.165) is 58.2 Å². The summed E-state index contributed by atoms with van der Waals surface area (Å²) in [6.45, 7) is 17.6. The van der Waals surface area contributed by atoms with Crippen molar-refractivity contribution in [2.24, 2.45) is 4.99 Å². The summed E-state index contributed by atoms with van der Waals surface area (Å²) < 4.78 is 17.1. The maximum Gasteiger partial charge on any atom is 0.412 e. The fourth-order valence-corrected chi connectivity index (χ4v) is 4.04. The van der Waals surface area contributed by atoms with Crippen LogP contribution >= 0.6 is 24.0 Å². The first-order chi connectivity index (χ1) is 14.5. The molecule has 188 valence electrons. The second-order valence-corrected chi connectivity index (χ2v) is 9.73. The zero-order valence-electron chi connectivity index (χ0n) is 20.9. The molecule has 9 nitrogen and oxygen atoms in total. The Balaban J connectivity index is 0.00000512. The molecule has 2 aliphatic heterocycles. The number of morpholine rings is 1. The van der Waals surface area contributed by atoms with E-state index in [1.165, 1.54) is 0 Å². The van der Waals surface area contributed by atoms with Crippen LogP contribution in [0.5, 0.6) is 0 Å². The molecule has 0 aromatic rings. The highest BCUT2D eigenvalue weighted by atomic mass is 127. The third-order valence-corrected chi connectivity index (χ3v) is 5.52. The van der Waals surface area contributed by atoms with Crippen LogP contribution in [0.3, 0.4) is 0 Å². The molecule has 1 amide bonds. The molecule has 0 spiro atoms. The number of rotatable bonds is 7. The topological polar surface area (TPSA) is 87.7 Å². The van der Waals surface area contributed by atoms with Gasteiger partial charge in [0.2, 0.25) is 0 Å². The quantitative estimate of drug-likeness (QED) is 0.211. The van der Waals surface area contributed by atoms with Crippen molar-refractivity contribution in [1.82, 2.24) is 20.4 Å². The fourth-order valence-electron chi connectivity index (χ4n) is 4.04. The first kappa shape index (κ1) is 29.2. The molecule has 2 aliphatic rings. The lowest BCUT2D eigenvalue weighted by Gasteiger charge is -2.35. The minimum atomic E-state index is -0.732. The second kappa shape index (κ2) is 13.1. The van der Waals surface area contributed by atoms with E-state index in [4.69, 9.17) is 14.2 Å². The van der Waals surface area contributed by atoms with Crippen molar-refractivity contribution >= 4 is 36.0 Å². The molecular formula is C22H44IN5O4. The highest BCUT2D eigenvalue weighted by Gasteiger charge is 2.49.